The number of hydrogen-bond donors (Lipinski definition) is 0. The molecule has 1 aromatic heterocycles. The van der Waals surface area contributed by atoms with Crippen LogP contribution in [0.1, 0.15) is 36.9 Å². The van der Waals surface area contributed by atoms with Crippen LogP contribution in [0.15, 0.2) is 12.4 Å². The Kier molecular flexibility index (Phi) is 2.66. The Bertz CT molecular complexity index is 378. The number of carbonyl (C=O) groups is 1. The maximum absolute atomic E-state index is 11.4. The quantitative estimate of drug-likeness (QED) is 0.697. The number of nitrogens with zero attached hydrogens (tertiary/aromatic N) is 3. The van der Waals surface area contributed by atoms with E-state index >= 15 is 0 Å². The van der Waals surface area contributed by atoms with Crippen LogP contribution in [0.4, 0.5) is 0 Å². The van der Waals surface area contributed by atoms with Crippen LogP contribution in [0.5, 0.6) is 0 Å². The molecule has 1 aliphatic rings. The van der Waals surface area contributed by atoms with E-state index in [-0.39, 0.29) is 11.9 Å². The second kappa shape index (κ2) is 3.96. The van der Waals surface area contributed by atoms with Crippen molar-refractivity contribution in [3.63, 3.8) is 0 Å². The standard InChI is InChI=1S/C11H15N3O/c1-8-6-12-13-7-10(8)11-4-3-5-14(11)9(2)15/h6-7,11H,3-5H2,1-2H3. The monoisotopic (exact) mass is 205 g/mol. The van der Waals surface area contributed by atoms with E-state index < -0.39 is 0 Å². The number of carbonyl (C=O) groups excluding carboxylic acids is 1. The van der Waals surface area contributed by atoms with Crippen molar-refractivity contribution in [1.82, 2.24) is 15.1 Å². The molecule has 15 heavy (non-hydrogen) atoms. The molecule has 2 heterocycles. The van der Waals surface area contributed by atoms with Gasteiger partial charge in [-0.3, -0.25) is 4.79 Å². The van der Waals surface area contributed by atoms with Gasteiger partial charge in [0.15, 0.2) is 0 Å². The fourth-order valence-corrected chi connectivity index (χ4v) is 2.21. The van der Waals surface area contributed by atoms with E-state index in [1.165, 1.54) is 0 Å². The number of aryl methyl sites for hydroxylation is 1. The highest BCUT2D eigenvalue weighted by molar-refractivity contribution is 5.74. The fourth-order valence-electron chi connectivity index (χ4n) is 2.21. The van der Waals surface area contributed by atoms with Crippen LogP contribution in [0, 0.1) is 6.92 Å². The minimum Gasteiger partial charge on any atom is -0.336 e. The number of rotatable bonds is 1. The Hall–Kier alpha value is -1.45. The van der Waals surface area contributed by atoms with Crippen LogP contribution in [-0.2, 0) is 4.79 Å². The van der Waals surface area contributed by atoms with Gasteiger partial charge in [-0.25, -0.2) is 0 Å². The second-order valence-corrected chi connectivity index (χ2v) is 4.00. The third-order valence-corrected chi connectivity index (χ3v) is 2.99. The molecule has 1 atom stereocenters. The molecule has 0 saturated carbocycles. The number of aromatic nitrogens is 2. The molecular formula is C11H15N3O. The van der Waals surface area contributed by atoms with Gasteiger partial charge in [0, 0.05) is 13.5 Å². The third-order valence-electron chi connectivity index (χ3n) is 2.99. The van der Waals surface area contributed by atoms with Gasteiger partial charge in [0.2, 0.25) is 5.91 Å². The zero-order valence-electron chi connectivity index (χ0n) is 9.10. The van der Waals surface area contributed by atoms with Crippen LogP contribution >= 0.6 is 0 Å². The first-order chi connectivity index (χ1) is 7.20. The lowest BCUT2D eigenvalue weighted by Gasteiger charge is -2.24. The Labute approximate surface area is 89.3 Å². The minimum absolute atomic E-state index is 0.147. The Morgan fingerprint density at radius 3 is 2.87 bits per heavy atom. The molecule has 0 bridgehead atoms. The molecule has 0 spiro atoms. The summed E-state index contributed by atoms with van der Waals surface area (Å²) in [6, 6.07) is 0.206. The zero-order chi connectivity index (χ0) is 10.8. The van der Waals surface area contributed by atoms with Gasteiger partial charge in [0.25, 0.3) is 0 Å². The van der Waals surface area contributed by atoms with Crippen LogP contribution in [0.3, 0.4) is 0 Å². The first-order valence-corrected chi connectivity index (χ1v) is 5.24. The molecule has 1 aliphatic heterocycles. The Morgan fingerprint density at radius 2 is 2.20 bits per heavy atom. The summed E-state index contributed by atoms with van der Waals surface area (Å²) in [5, 5.41) is 7.73. The predicted molar refractivity (Wildman–Crippen MR) is 56.1 cm³/mol. The van der Waals surface area contributed by atoms with E-state index in [0.29, 0.717) is 0 Å². The highest BCUT2D eigenvalue weighted by atomic mass is 16.2. The lowest BCUT2D eigenvalue weighted by molar-refractivity contribution is -0.129. The van der Waals surface area contributed by atoms with Crippen molar-refractivity contribution >= 4 is 5.91 Å². The molecule has 0 aromatic carbocycles. The molecule has 1 saturated heterocycles. The number of likely N-dealkylation sites (tertiary alicyclic amines) is 1. The molecule has 2 rings (SSSR count). The van der Waals surface area contributed by atoms with Gasteiger partial charge in [0.05, 0.1) is 18.4 Å². The molecule has 0 radical (unpaired) electrons. The number of hydrogen-bond acceptors (Lipinski definition) is 3. The van der Waals surface area contributed by atoms with E-state index in [2.05, 4.69) is 10.2 Å². The Balaban J connectivity index is 2.30. The first-order valence-electron chi connectivity index (χ1n) is 5.24. The normalized spacial score (nSPS) is 20.7. The van der Waals surface area contributed by atoms with Crippen molar-refractivity contribution in [2.45, 2.75) is 32.7 Å². The van der Waals surface area contributed by atoms with Gasteiger partial charge >= 0.3 is 0 Å². The highest BCUT2D eigenvalue weighted by Gasteiger charge is 2.28. The maximum atomic E-state index is 11.4. The minimum atomic E-state index is 0.147. The average Bonchev–Trinajstić information content (AvgIpc) is 2.67. The van der Waals surface area contributed by atoms with E-state index in [1.54, 1.807) is 19.3 Å². The smallest absolute Gasteiger partial charge is 0.219 e. The maximum Gasteiger partial charge on any atom is 0.219 e. The summed E-state index contributed by atoms with van der Waals surface area (Å²) in [6.45, 7) is 4.50. The molecule has 1 aromatic rings. The summed E-state index contributed by atoms with van der Waals surface area (Å²) in [5.74, 6) is 0.147. The predicted octanol–water partition coefficient (Wildman–Crippen LogP) is 1.47. The third kappa shape index (κ3) is 1.84. The lowest BCUT2D eigenvalue weighted by Crippen LogP contribution is -2.28. The molecule has 1 amide bonds. The van der Waals surface area contributed by atoms with Crippen molar-refractivity contribution in [2.75, 3.05) is 6.54 Å². The van der Waals surface area contributed by atoms with Gasteiger partial charge < -0.3 is 4.90 Å². The van der Waals surface area contributed by atoms with Crippen molar-refractivity contribution in [1.29, 1.82) is 0 Å². The molecule has 0 N–H and O–H groups in total. The van der Waals surface area contributed by atoms with E-state index in [4.69, 9.17) is 0 Å². The van der Waals surface area contributed by atoms with Gasteiger partial charge in [-0.05, 0) is 30.9 Å². The molecule has 1 fully saturated rings. The highest BCUT2D eigenvalue weighted by Crippen LogP contribution is 2.32. The molecule has 0 aliphatic carbocycles. The SMILES string of the molecule is CC(=O)N1CCCC1c1cnncc1C. The summed E-state index contributed by atoms with van der Waals surface area (Å²) >= 11 is 0. The van der Waals surface area contributed by atoms with Gasteiger partial charge in [-0.15, -0.1) is 0 Å². The average molecular weight is 205 g/mol. The van der Waals surface area contributed by atoms with Gasteiger partial charge in [-0.1, -0.05) is 0 Å². The Morgan fingerprint density at radius 1 is 1.47 bits per heavy atom. The summed E-state index contributed by atoms with van der Waals surface area (Å²) in [6.07, 6.45) is 5.64. The molecule has 80 valence electrons. The largest absolute Gasteiger partial charge is 0.336 e. The molecule has 4 heteroatoms. The van der Waals surface area contributed by atoms with Crippen LogP contribution < -0.4 is 0 Å². The molecule has 1 unspecified atom stereocenters. The summed E-state index contributed by atoms with van der Waals surface area (Å²) in [7, 11) is 0. The van der Waals surface area contributed by atoms with E-state index in [9.17, 15) is 4.79 Å². The van der Waals surface area contributed by atoms with Crippen molar-refractivity contribution in [3.05, 3.63) is 23.5 Å². The molecular weight excluding hydrogens is 190 g/mol. The summed E-state index contributed by atoms with van der Waals surface area (Å²) in [4.78, 5) is 13.4. The molecule has 4 nitrogen and oxygen atoms in total. The summed E-state index contributed by atoms with van der Waals surface area (Å²) in [5.41, 5.74) is 2.25. The summed E-state index contributed by atoms with van der Waals surface area (Å²) < 4.78 is 0. The van der Waals surface area contributed by atoms with Crippen LogP contribution in [0.2, 0.25) is 0 Å². The number of amides is 1. The zero-order valence-corrected chi connectivity index (χ0v) is 9.10. The van der Waals surface area contributed by atoms with Crippen molar-refractivity contribution in [2.24, 2.45) is 0 Å². The first kappa shape index (κ1) is 10.1. The van der Waals surface area contributed by atoms with Gasteiger partial charge in [0.1, 0.15) is 0 Å². The van der Waals surface area contributed by atoms with E-state index in [0.717, 1.165) is 30.5 Å². The van der Waals surface area contributed by atoms with Crippen LogP contribution in [-0.4, -0.2) is 27.5 Å². The van der Waals surface area contributed by atoms with Gasteiger partial charge in [-0.2, -0.15) is 10.2 Å². The van der Waals surface area contributed by atoms with Crippen molar-refractivity contribution < 1.29 is 4.79 Å². The van der Waals surface area contributed by atoms with Crippen LogP contribution in [0.25, 0.3) is 0 Å². The fraction of sp³-hybridized carbons (Fsp3) is 0.545. The topological polar surface area (TPSA) is 46.1 Å². The van der Waals surface area contributed by atoms with E-state index in [1.807, 2.05) is 11.8 Å². The van der Waals surface area contributed by atoms with Crippen molar-refractivity contribution in [3.8, 4) is 0 Å². The second-order valence-electron chi connectivity index (χ2n) is 4.00. The lowest BCUT2D eigenvalue weighted by atomic mass is 10.0.